The Hall–Kier alpha value is -1.72. The van der Waals surface area contributed by atoms with Crippen molar-refractivity contribution in [2.45, 2.75) is 13.1 Å². The molecule has 0 radical (unpaired) electrons. The lowest BCUT2D eigenvalue weighted by atomic mass is 10.1. The van der Waals surface area contributed by atoms with Gasteiger partial charge in [-0.15, -0.1) is 0 Å². The van der Waals surface area contributed by atoms with Gasteiger partial charge in [-0.1, -0.05) is 40.2 Å². The smallest absolute Gasteiger partial charge is 0.200 e. The fourth-order valence-corrected chi connectivity index (χ4v) is 2.15. The molecular formula is C14H14BrNO3. The minimum atomic E-state index is -0.486. The number of nitrogens with one attached hydrogen (secondary N) is 1. The maximum absolute atomic E-state index is 9.67. The summed E-state index contributed by atoms with van der Waals surface area (Å²) in [5, 5.41) is 31.5. The third kappa shape index (κ3) is 3.19. The van der Waals surface area contributed by atoms with Crippen LogP contribution in [0.1, 0.15) is 11.1 Å². The van der Waals surface area contributed by atoms with Crippen molar-refractivity contribution in [1.82, 2.24) is 5.32 Å². The third-order valence-electron chi connectivity index (χ3n) is 2.80. The normalized spacial score (nSPS) is 10.6. The summed E-state index contributed by atoms with van der Waals surface area (Å²) < 4.78 is 1.01. The Balaban J connectivity index is 2.01. The van der Waals surface area contributed by atoms with Gasteiger partial charge in [-0.05, 0) is 17.7 Å². The number of hydrogen-bond acceptors (Lipinski definition) is 4. The van der Waals surface area contributed by atoms with Gasteiger partial charge in [0.05, 0.1) is 0 Å². The molecule has 0 heterocycles. The molecule has 0 aliphatic heterocycles. The van der Waals surface area contributed by atoms with Crippen molar-refractivity contribution in [3.8, 4) is 17.2 Å². The van der Waals surface area contributed by atoms with Gasteiger partial charge in [0.15, 0.2) is 11.5 Å². The lowest BCUT2D eigenvalue weighted by molar-refractivity contribution is 0.364. The number of halogens is 1. The average molecular weight is 324 g/mol. The number of phenols is 3. The fourth-order valence-electron chi connectivity index (χ4n) is 1.73. The van der Waals surface area contributed by atoms with Crippen LogP contribution >= 0.6 is 15.9 Å². The van der Waals surface area contributed by atoms with E-state index < -0.39 is 5.75 Å². The molecule has 2 aromatic rings. The van der Waals surface area contributed by atoms with Crippen molar-refractivity contribution in [2.24, 2.45) is 0 Å². The Morgan fingerprint density at radius 1 is 0.842 bits per heavy atom. The molecule has 0 spiro atoms. The molecule has 0 atom stereocenters. The maximum Gasteiger partial charge on any atom is 0.200 e. The molecule has 19 heavy (non-hydrogen) atoms. The standard InChI is InChI=1S/C14H14BrNO3/c15-11-4-2-1-3-9(11)7-16-8-10-5-6-12(17)14(19)13(10)18/h1-6,16-19H,7-8H2. The van der Waals surface area contributed by atoms with E-state index >= 15 is 0 Å². The molecule has 0 aliphatic carbocycles. The van der Waals surface area contributed by atoms with E-state index in [0.717, 1.165) is 10.0 Å². The average Bonchev–Trinajstić information content (AvgIpc) is 2.41. The minimum absolute atomic E-state index is 0.292. The topological polar surface area (TPSA) is 72.7 Å². The highest BCUT2D eigenvalue weighted by molar-refractivity contribution is 9.10. The van der Waals surface area contributed by atoms with Gasteiger partial charge in [0.2, 0.25) is 5.75 Å². The van der Waals surface area contributed by atoms with E-state index in [-0.39, 0.29) is 11.5 Å². The van der Waals surface area contributed by atoms with Crippen LogP contribution in [0.25, 0.3) is 0 Å². The quantitative estimate of drug-likeness (QED) is 0.653. The van der Waals surface area contributed by atoms with E-state index in [1.54, 1.807) is 6.07 Å². The first-order valence-electron chi connectivity index (χ1n) is 5.76. The second-order valence-electron chi connectivity index (χ2n) is 4.14. The second kappa shape index (κ2) is 5.95. The molecule has 0 aliphatic rings. The third-order valence-corrected chi connectivity index (χ3v) is 3.58. The van der Waals surface area contributed by atoms with Gasteiger partial charge in [0, 0.05) is 23.1 Å². The Kier molecular flexibility index (Phi) is 4.29. The Labute approximate surface area is 119 Å². The predicted octanol–water partition coefficient (Wildman–Crippen LogP) is 2.86. The molecule has 0 aromatic heterocycles. The van der Waals surface area contributed by atoms with Crippen LogP contribution in [-0.4, -0.2) is 15.3 Å². The summed E-state index contributed by atoms with van der Waals surface area (Å²) in [6, 6.07) is 10.8. The summed E-state index contributed by atoms with van der Waals surface area (Å²) >= 11 is 3.46. The summed E-state index contributed by atoms with van der Waals surface area (Å²) in [5.41, 5.74) is 1.63. The van der Waals surface area contributed by atoms with Crippen LogP contribution in [-0.2, 0) is 13.1 Å². The first kappa shape index (κ1) is 13.7. The zero-order valence-corrected chi connectivity index (χ0v) is 11.7. The highest BCUT2D eigenvalue weighted by Gasteiger charge is 2.10. The van der Waals surface area contributed by atoms with Crippen LogP contribution < -0.4 is 5.32 Å². The Morgan fingerprint density at radius 2 is 1.53 bits per heavy atom. The molecule has 5 heteroatoms. The van der Waals surface area contributed by atoms with E-state index in [1.165, 1.54) is 6.07 Å². The number of benzene rings is 2. The molecule has 0 fully saturated rings. The number of rotatable bonds is 4. The van der Waals surface area contributed by atoms with Gasteiger partial charge in [-0.2, -0.15) is 0 Å². The lowest BCUT2D eigenvalue weighted by Crippen LogP contribution is -2.13. The van der Waals surface area contributed by atoms with Gasteiger partial charge in [0.25, 0.3) is 0 Å². The molecular weight excluding hydrogens is 310 g/mol. The summed E-state index contributed by atoms with van der Waals surface area (Å²) in [5.74, 6) is -1.10. The zero-order chi connectivity index (χ0) is 13.8. The number of phenolic OH excluding ortho intramolecular Hbond substituents is 3. The zero-order valence-electron chi connectivity index (χ0n) is 10.1. The van der Waals surface area contributed by atoms with Gasteiger partial charge in [-0.25, -0.2) is 0 Å². The van der Waals surface area contributed by atoms with E-state index in [1.807, 2.05) is 24.3 Å². The van der Waals surface area contributed by atoms with Crippen LogP contribution in [0.5, 0.6) is 17.2 Å². The molecule has 0 saturated carbocycles. The molecule has 2 rings (SSSR count). The molecule has 0 bridgehead atoms. The van der Waals surface area contributed by atoms with Gasteiger partial charge >= 0.3 is 0 Å². The van der Waals surface area contributed by atoms with Crippen LogP contribution in [0.15, 0.2) is 40.9 Å². The Bertz CT molecular complexity index is 587. The van der Waals surface area contributed by atoms with Crippen molar-refractivity contribution in [3.05, 3.63) is 52.0 Å². The molecule has 4 nitrogen and oxygen atoms in total. The largest absolute Gasteiger partial charge is 0.504 e. The molecule has 0 saturated heterocycles. The maximum atomic E-state index is 9.67. The van der Waals surface area contributed by atoms with Gasteiger partial charge in [-0.3, -0.25) is 0 Å². The lowest BCUT2D eigenvalue weighted by Gasteiger charge is -2.10. The monoisotopic (exact) mass is 323 g/mol. The molecule has 2 aromatic carbocycles. The number of hydrogen-bond donors (Lipinski definition) is 4. The fraction of sp³-hybridized carbons (Fsp3) is 0.143. The van der Waals surface area contributed by atoms with Crippen molar-refractivity contribution < 1.29 is 15.3 Å². The second-order valence-corrected chi connectivity index (χ2v) is 4.99. The minimum Gasteiger partial charge on any atom is -0.504 e. The Morgan fingerprint density at radius 3 is 2.26 bits per heavy atom. The van der Waals surface area contributed by atoms with E-state index in [0.29, 0.717) is 18.7 Å². The first-order chi connectivity index (χ1) is 9.09. The van der Waals surface area contributed by atoms with Gasteiger partial charge in [0.1, 0.15) is 0 Å². The summed E-state index contributed by atoms with van der Waals surface area (Å²) in [6.45, 7) is 1.02. The summed E-state index contributed by atoms with van der Waals surface area (Å²) in [6.07, 6.45) is 0. The van der Waals surface area contributed by atoms with Gasteiger partial charge < -0.3 is 20.6 Å². The molecule has 0 unspecified atom stereocenters. The highest BCUT2D eigenvalue weighted by Crippen LogP contribution is 2.36. The van der Waals surface area contributed by atoms with Crippen LogP contribution in [0, 0.1) is 0 Å². The van der Waals surface area contributed by atoms with Crippen molar-refractivity contribution in [2.75, 3.05) is 0 Å². The predicted molar refractivity (Wildman–Crippen MR) is 76.1 cm³/mol. The molecule has 0 amide bonds. The van der Waals surface area contributed by atoms with Crippen molar-refractivity contribution in [3.63, 3.8) is 0 Å². The van der Waals surface area contributed by atoms with Crippen LogP contribution in [0.3, 0.4) is 0 Å². The first-order valence-corrected chi connectivity index (χ1v) is 6.56. The highest BCUT2D eigenvalue weighted by atomic mass is 79.9. The molecule has 4 N–H and O–H groups in total. The van der Waals surface area contributed by atoms with Crippen LogP contribution in [0.4, 0.5) is 0 Å². The van der Waals surface area contributed by atoms with E-state index in [9.17, 15) is 15.3 Å². The SMILES string of the molecule is Oc1ccc(CNCc2ccccc2Br)c(O)c1O. The van der Waals surface area contributed by atoms with Crippen molar-refractivity contribution >= 4 is 15.9 Å². The van der Waals surface area contributed by atoms with E-state index in [4.69, 9.17) is 0 Å². The number of aromatic hydroxyl groups is 3. The summed E-state index contributed by atoms with van der Waals surface area (Å²) in [4.78, 5) is 0. The van der Waals surface area contributed by atoms with Crippen molar-refractivity contribution in [1.29, 1.82) is 0 Å². The van der Waals surface area contributed by atoms with E-state index in [2.05, 4.69) is 21.2 Å². The molecule has 100 valence electrons. The van der Waals surface area contributed by atoms with Crippen LogP contribution in [0.2, 0.25) is 0 Å². The summed E-state index contributed by atoms with van der Waals surface area (Å²) in [7, 11) is 0.